The molecule has 2 rings (SSSR count). The summed E-state index contributed by atoms with van der Waals surface area (Å²) in [5.74, 6) is 0.411. The van der Waals surface area contributed by atoms with Crippen LogP contribution in [0, 0.1) is 0 Å². The molecule has 1 aromatic rings. The maximum Gasteiger partial charge on any atom is 0.418 e. The molecule has 0 fully saturated rings. The molecule has 0 saturated carbocycles. The molecule has 0 radical (unpaired) electrons. The summed E-state index contributed by atoms with van der Waals surface area (Å²) in [4.78, 5) is 0. The number of methoxy groups -OCH3 is 1. The highest BCUT2D eigenvalue weighted by atomic mass is 19.4. The maximum absolute atomic E-state index is 12.5. The summed E-state index contributed by atoms with van der Waals surface area (Å²) in [5, 5.41) is 0. The molecule has 0 aliphatic carbocycles. The average Bonchev–Trinajstić information content (AvgIpc) is 2.59. The number of hydrogen-bond acceptors (Lipinski definition) is 2. The monoisotopic (exact) mass is 218 g/mol. The molecule has 1 aliphatic rings. The molecule has 15 heavy (non-hydrogen) atoms. The van der Waals surface area contributed by atoms with Crippen LogP contribution in [0.2, 0.25) is 0 Å². The summed E-state index contributed by atoms with van der Waals surface area (Å²) in [6.45, 7) is 0.00348. The van der Waals surface area contributed by atoms with E-state index in [1.807, 2.05) is 0 Å². The number of hydrogen-bond donors (Lipinski definition) is 0. The predicted octanol–water partition coefficient (Wildman–Crippen LogP) is 2.83. The van der Waals surface area contributed by atoms with E-state index in [0.29, 0.717) is 11.3 Å². The van der Waals surface area contributed by atoms with E-state index >= 15 is 0 Å². The van der Waals surface area contributed by atoms with Crippen LogP contribution in [-0.4, -0.2) is 13.3 Å². The van der Waals surface area contributed by atoms with Gasteiger partial charge >= 0.3 is 6.18 Å². The number of fused-ring (bicyclic) bond motifs is 1. The molecule has 0 N–H and O–H groups in total. The van der Waals surface area contributed by atoms with Crippen molar-refractivity contribution in [3.05, 3.63) is 29.3 Å². The van der Waals surface area contributed by atoms with E-state index in [-0.39, 0.29) is 12.2 Å². The Morgan fingerprint density at radius 2 is 2.13 bits per heavy atom. The Balaban J connectivity index is 2.40. The van der Waals surface area contributed by atoms with Gasteiger partial charge in [-0.3, -0.25) is 0 Å². The Hall–Kier alpha value is -1.23. The van der Waals surface area contributed by atoms with Crippen LogP contribution in [0.4, 0.5) is 13.2 Å². The van der Waals surface area contributed by atoms with Gasteiger partial charge in [0.05, 0.1) is 13.7 Å². The third-order valence-electron chi connectivity index (χ3n) is 2.34. The predicted molar refractivity (Wildman–Crippen MR) is 46.6 cm³/mol. The van der Waals surface area contributed by atoms with Crippen molar-refractivity contribution in [2.45, 2.75) is 18.9 Å². The zero-order valence-corrected chi connectivity index (χ0v) is 7.97. The molecule has 0 spiro atoms. The summed E-state index contributed by atoms with van der Waals surface area (Å²) in [6.07, 6.45) is -6.18. The van der Waals surface area contributed by atoms with Gasteiger partial charge in [0, 0.05) is 0 Å². The molecule has 0 aromatic heterocycles. The van der Waals surface area contributed by atoms with Gasteiger partial charge in [-0.15, -0.1) is 0 Å². The van der Waals surface area contributed by atoms with Gasteiger partial charge in [0.25, 0.3) is 0 Å². The maximum atomic E-state index is 12.5. The topological polar surface area (TPSA) is 18.5 Å². The minimum absolute atomic E-state index is 0.00348. The molecule has 82 valence electrons. The van der Waals surface area contributed by atoms with Gasteiger partial charge in [-0.2, -0.15) is 13.2 Å². The molecule has 2 nitrogen and oxygen atoms in total. The standard InChI is InChI=1S/C10H9F3O2/c1-14-7-3-2-6-5-15-9(8(6)4-7)10(11,12)13/h2-4,9H,5H2,1H3. The largest absolute Gasteiger partial charge is 0.497 e. The highest BCUT2D eigenvalue weighted by Crippen LogP contribution is 2.43. The zero-order chi connectivity index (χ0) is 11.1. The van der Waals surface area contributed by atoms with E-state index in [0.717, 1.165) is 0 Å². The van der Waals surface area contributed by atoms with Gasteiger partial charge in [-0.05, 0) is 23.3 Å². The second-order valence-electron chi connectivity index (χ2n) is 3.30. The number of halogens is 3. The lowest BCUT2D eigenvalue weighted by molar-refractivity contribution is -0.219. The summed E-state index contributed by atoms with van der Waals surface area (Å²) in [6, 6.07) is 4.60. The van der Waals surface area contributed by atoms with Crippen molar-refractivity contribution in [3.63, 3.8) is 0 Å². The Morgan fingerprint density at radius 3 is 2.73 bits per heavy atom. The van der Waals surface area contributed by atoms with Gasteiger partial charge in [-0.25, -0.2) is 0 Å². The average molecular weight is 218 g/mol. The second kappa shape index (κ2) is 3.41. The van der Waals surface area contributed by atoms with Gasteiger partial charge < -0.3 is 9.47 Å². The van der Waals surface area contributed by atoms with E-state index in [1.54, 1.807) is 12.1 Å². The van der Waals surface area contributed by atoms with Crippen molar-refractivity contribution >= 4 is 0 Å². The molecule has 0 saturated heterocycles. The lowest BCUT2D eigenvalue weighted by Crippen LogP contribution is -2.19. The molecule has 1 aliphatic heterocycles. The Morgan fingerprint density at radius 1 is 1.40 bits per heavy atom. The van der Waals surface area contributed by atoms with Crippen LogP contribution in [0.1, 0.15) is 17.2 Å². The highest BCUT2D eigenvalue weighted by molar-refractivity contribution is 5.39. The smallest absolute Gasteiger partial charge is 0.418 e. The fourth-order valence-corrected chi connectivity index (χ4v) is 1.61. The fraction of sp³-hybridized carbons (Fsp3) is 0.400. The lowest BCUT2D eigenvalue weighted by Gasteiger charge is -2.15. The van der Waals surface area contributed by atoms with Crippen LogP contribution in [0.5, 0.6) is 5.75 Å². The van der Waals surface area contributed by atoms with Crippen molar-refractivity contribution < 1.29 is 22.6 Å². The third kappa shape index (κ3) is 1.79. The van der Waals surface area contributed by atoms with Crippen LogP contribution in [0.15, 0.2) is 18.2 Å². The van der Waals surface area contributed by atoms with Gasteiger partial charge in [0.2, 0.25) is 0 Å². The number of alkyl halides is 3. The molecule has 1 heterocycles. The number of ether oxygens (including phenoxy) is 2. The van der Waals surface area contributed by atoms with Gasteiger partial charge in [-0.1, -0.05) is 6.07 Å². The molecule has 1 atom stereocenters. The van der Waals surface area contributed by atoms with Crippen molar-refractivity contribution in [2.75, 3.05) is 7.11 Å². The van der Waals surface area contributed by atoms with Crippen LogP contribution in [-0.2, 0) is 11.3 Å². The van der Waals surface area contributed by atoms with Gasteiger partial charge in [0.15, 0.2) is 6.10 Å². The van der Waals surface area contributed by atoms with Crippen molar-refractivity contribution in [2.24, 2.45) is 0 Å². The van der Waals surface area contributed by atoms with E-state index in [2.05, 4.69) is 0 Å². The minimum Gasteiger partial charge on any atom is -0.497 e. The van der Waals surface area contributed by atoms with Crippen LogP contribution in [0.3, 0.4) is 0 Å². The molecule has 0 bridgehead atoms. The third-order valence-corrected chi connectivity index (χ3v) is 2.34. The quantitative estimate of drug-likeness (QED) is 0.721. The Kier molecular flexibility index (Phi) is 2.34. The van der Waals surface area contributed by atoms with E-state index < -0.39 is 12.3 Å². The molecule has 1 aromatic carbocycles. The second-order valence-corrected chi connectivity index (χ2v) is 3.30. The Labute approximate surface area is 84.6 Å². The zero-order valence-electron chi connectivity index (χ0n) is 7.97. The summed E-state index contributed by atoms with van der Waals surface area (Å²) in [7, 11) is 1.42. The molecular formula is C10H9F3O2. The lowest BCUT2D eigenvalue weighted by atomic mass is 10.0. The van der Waals surface area contributed by atoms with Crippen molar-refractivity contribution in [1.29, 1.82) is 0 Å². The first kappa shape index (κ1) is 10.3. The van der Waals surface area contributed by atoms with Crippen molar-refractivity contribution in [1.82, 2.24) is 0 Å². The fourth-order valence-electron chi connectivity index (χ4n) is 1.61. The summed E-state index contributed by atoms with van der Waals surface area (Å²) >= 11 is 0. The molecule has 1 unspecified atom stereocenters. The minimum atomic E-state index is -4.36. The number of rotatable bonds is 1. The van der Waals surface area contributed by atoms with E-state index in [4.69, 9.17) is 9.47 Å². The van der Waals surface area contributed by atoms with Crippen LogP contribution < -0.4 is 4.74 Å². The molecule has 5 heteroatoms. The van der Waals surface area contributed by atoms with Crippen LogP contribution in [0.25, 0.3) is 0 Å². The summed E-state index contributed by atoms with van der Waals surface area (Å²) < 4.78 is 47.1. The summed E-state index contributed by atoms with van der Waals surface area (Å²) in [5.41, 5.74) is 0.722. The van der Waals surface area contributed by atoms with Gasteiger partial charge in [0.1, 0.15) is 5.75 Å². The first-order valence-electron chi connectivity index (χ1n) is 4.37. The van der Waals surface area contributed by atoms with Crippen LogP contribution >= 0.6 is 0 Å². The van der Waals surface area contributed by atoms with E-state index in [9.17, 15) is 13.2 Å². The first-order valence-corrected chi connectivity index (χ1v) is 4.37. The SMILES string of the molecule is COc1ccc2c(c1)C(C(F)(F)F)OC2. The highest BCUT2D eigenvalue weighted by Gasteiger charge is 2.45. The first-order chi connectivity index (χ1) is 7.02. The molecular weight excluding hydrogens is 209 g/mol. The van der Waals surface area contributed by atoms with E-state index in [1.165, 1.54) is 13.2 Å². The number of benzene rings is 1. The molecule has 0 amide bonds. The van der Waals surface area contributed by atoms with Crippen molar-refractivity contribution in [3.8, 4) is 5.75 Å². The normalized spacial score (nSPS) is 20.1. The Bertz CT molecular complexity index is 373.